The summed E-state index contributed by atoms with van der Waals surface area (Å²) in [6.45, 7) is 0.757. The summed E-state index contributed by atoms with van der Waals surface area (Å²) < 4.78 is 14.4. The molecule has 0 aliphatic carbocycles. The topological polar surface area (TPSA) is 89.4 Å². The Kier molecular flexibility index (Phi) is 3.29. The van der Waals surface area contributed by atoms with E-state index in [1.165, 1.54) is 17.4 Å². The van der Waals surface area contributed by atoms with E-state index in [4.69, 9.17) is 11.5 Å². The minimum atomic E-state index is -0.434. The van der Waals surface area contributed by atoms with E-state index >= 15 is 0 Å². The van der Waals surface area contributed by atoms with Crippen LogP contribution in [-0.4, -0.2) is 29.8 Å². The summed E-state index contributed by atoms with van der Waals surface area (Å²) >= 11 is 1.17. The Morgan fingerprint density at radius 1 is 1.38 bits per heavy atom. The number of primary amides is 1. The third kappa shape index (κ3) is 2.23. The molecule has 1 saturated heterocycles. The molecular formula is C14H14FN3O2S. The van der Waals surface area contributed by atoms with Crippen molar-refractivity contribution in [2.75, 3.05) is 18.8 Å². The number of likely N-dealkylation sites (tertiary alicyclic amines) is 1. The van der Waals surface area contributed by atoms with Gasteiger partial charge in [0.2, 0.25) is 5.91 Å². The van der Waals surface area contributed by atoms with Gasteiger partial charge in [0.25, 0.3) is 5.91 Å². The molecular weight excluding hydrogens is 293 g/mol. The maximum absolute atomic E-state index is 13.8. The number of benzene rings is 1. The number of nitrogens with two attached hydrogens (primary N) is 2. The second-order valence-corrected chi connectivity index (χ2v) is 6.15. The lowest BCUT2D eigenvalue weighted by Gasteiger charge is -2.15. The van der Waals surface area contributed by atoms with E-state index in [-0.39, 0.29) is 22.9 Å². The third-order valence-electron chi connectivity index (χ3n) is 3.77. The molecule has 0 bridgehead atoms. The van der Waals surface area contributed by atoms with Crippen LogP contribution >= 0.6 is 11.3 Å². The van der Waals surface area contributed by atoms with Crippen molar-refractivity contribution in [2.24, 2.45) is 11.7 Å². The van der Waals surface area contributed by atoms with E-state index in [0.717, 1.165) is 0 Å². The Labute approximate surface area is 124 Å². The summed E-state index contributed by atoms with van der Waals surface area (Å²) in [6, 6.07) is 4.63. The normalized spacial score (nSPS) is 18.3. The highest BCUT2D eigenvalue weighted by Gasteiger charge is 2.32. The summed E-state index contributed by atoms with van der Waals surface area (Å²) in [5.41, 5.74) is 11.4. The van der Waals surface area contributed by atoms with E-state index in [1.54, 1.807) is 17.0 Å². The van der Waals surface area contributed by atoms with Gasteiger partial charge in [0, 0.05) is 17.8 Å². The number of amides is 2. The molecule has 21 heavy (non-hydrogen) atoms. The molecule has 4 N–H and O–H groups in total. The molecule has 1 aliphatic rings. The molecule has 1 fully saturated rings. The third-order valence-corrected chi connectivity index (χ3v) is 4.93. The van der Waals surface area contributed by atoms with Gasteiger partial charge in [-0.05, 0) is 18.6 Å². The first kappa shape index (κ1) is 13.8. The van der Waals surface area contributed by atoms with Crippen molar-refractivity contribution in [3.05, 3.63) is 28.9 Å². The number of nitrogens with zero attached hydrogens (tertiary/aromatic N) is 1. The monoisotopic (exact) mass is 307 g/mol. The first-order valence-electron chi connectivity index (χ1n) is 6.54. The van der Waals surface area contributed by atoms with Gasteiger partial charge in [0.05, 0.1) is 17.0 Å². The Morgan fingerprint density at radius 2 is 2.14 bits per heavy atom. The fourth-order valence-corrected chi connectivity index (χ4v) is 3.71. The zero-order chi connectivity index (χ0) is 15.1. The molecule has 1 aromatic carbocycles. The van der Waals surface area contributed by atoms with Crippen LogP contribution in [0, 0.1) is 11.7 Å². The number of hydrogen-bond donors (Lipinski definition) is 2. The van der Waals surface area contributed by atoms with Crippen molar-refractivity contribution in [3.63, 3.8) is 0 Å². The van der Waals surface area contributed by atoms with Crippen LogP contribution in [0.3, 0.4) is 0 Å². The van der Waals surface area contributed by atoms with Crippen LogP contribution in [0.4, 0.5) is 10.1 Å². The van der Waals surface area contributed by atoms with Gasteiger partial charge in [-0.1, -0.05) is 6.07 Å². The Balaban J connectivity index is 1.94. The minimum absolute atomic E-state index is 0.167. The van der Waals surface area contributed by atoms with E-state index in [2.05, 4.69) is 0 Å². The van der Waals surface area contributed by atoms with Crippen LogP contribution in [0.25, 0.3) is 10.1 Å². The van der Waals surface area contributed by atoms with Crippen molar-refractivity contribution in [3.8, 4) is 0 Å². The van der Waals surface area contributed by atoms with E-state index in [1.807, 2.05) is 0 Å². The maximum atomic E-state index is 13.8. The van der Waals surface area contributed by atoms with Gasteiger partial charge in [0.15, 0.2) is 0 Å². The summed E-state index contributed by atoms with van der Waals surface area (Å²) in [6.07, 6.45) is 0.556. The van der Waals surface area contributed by atoms with Crippen molar-refractivity contribution in [1.82, 2.24) is 4.90 Å². The highest BCUT2D eigenvalue weighted by molar-refractivity contribution is 7.21. The van der Waals surface area contributed by atoms with Gasteiger partial charge in [0.1, 0.15) is 10.7 Å². The molecule has 2 aromatic rings. The van der Waals surface area contributed by atoms with Gasteiger partial charge in [-0.2, -0.15) is 0 Å². The van der Waals surface area contributed by atoms with E-state index < -0.39 is 11.7 Å². The number of halogens is 1. The van der Waals surface area contributed by atoms with Crippen LogP contribution in [0.5, 0.6) is 0 Å². The zero-order valence-electron chi connectivity index (χ0n) is 11.1. The molecule has 110 valence electrons. The highest BCUT2D eigenvalue weighted by atomic mass is 32.1. The molecule has 1 atom stereocenters. The molecule has 0 radical (unpaired) electrons. The molecule has 1 aliphatic heterocycles. The molecule has 1 aromatic heterocycles. The van der Waals surface area contributed by atoms with Crippen molar-refractivity contribution in [2.45, 2.75) is 6.42 Å². The van der Waals surface area contributed by atoms with Crippen LogP contribution in [-0.2, 0) is 4.79 Å². The van der Waals surface area contributed by atoms with Gasteiger partial charge in [-0.3, -0.25) is 9.59 Å². The van der Waals surface area contributed by atoms with E-state index in [0.29, 0.717) is 29.1 Å². The second kappa shape index (κ2) is 5.00. The smallest absolute Gasteiger partial charge is 0.266 e. The fraction of sp³-hybridized carbons (Fsp3) is 0.286. The van der Waals surface area contributed by atoms with Gasteiger partial charge in [-0.25, -0.2) is 4.39 Å². The van der Waals surface area contributed by atoms with E-state index in [9.17, 15) is 14.0 Å². The zero-order valence-corrected chi connectivity index (χ0v) is 12.0. The quantitative estimate of drug-likeness (QED) is 0.882. The summed E-state index contributed by atoms with van der Waals surface area (Å²) in [5, 5.41) is 0.288. The Morgan fingerprint density at radius 3 is 2.76 bits per heavy atom. The number of thiophene rings is 1. The number of carbonyl (C=O) groups is 2. The lowest BCUT2D eigenvalue weighted by Crippen LogP contribution is -2.31. The Bertz CT molecular complexity index is 743. The van der Waals surface area contributed by atoms with Crippen LogP contribution < -0.4 is 11.5 Å². The van der Waals surface area contributed by atoms with Crippen molar-refractivity contribution < 1.29 is 14.0 Å². The number of rotatable bonds is 2. The summed E-state index contributed by atoms with van der Waals surface area (Å²) in [5.74, 6) is -1.42. The molecule has 2 heterocycles. The maximum Gasteiger partial charge on any atom is 0.266 e. The summed E-state index contributed by atoms with van der Waals surface area (Å²) in [4.78, 5) is 25.5. The standard InChI is InChI=1S/C14H14FN3O2S/c15-8-2-1-3-9-10(8)11(16)12(21-9)14(20)18-5-4-7(6-18)13(17)19/h1-3,7H,4-6,16H2,(H2,17,19). The number of carbonyl (C=O) groups excluding carboxylic acids is 2. The molecule has 2 amide bonds. The number of anilines is 1. The number of nitrogen functional groups attached to an aromatic ring is 1. The van der Waals surface area contributed by atoms with Crippen molar-refractivity contribution >= 4 is 38.9 Å². The predicted octanol–water partition coefficient (Wildman–Crippen LogP) is 1.57. The van der Waals surface area contributed by atoms with Crippen LogP contribution in [0.15, 0.2) is 18.2 Å². The highest BCUT2D eigenvalue weighted by Crippen LogP contribution is 2.36. The SMILES string of the molecule is NC(=O)C1CCN(C(=O)c2sc3cccc(F)c3c2N)C1. The van der Waals surface area contributed by atoms with Crippen LogP contribution in [0.2, 0.25) is 0 Å². The average molecular weight is 307 g/mol. The van der Waals surface area contributed by atoms with Gasteiger partial charge < -0.3 is 16.4 Å². The fourth-order valence-electron chi connectivity index (χ4n) is 2.61. The minimum Gasteiger partial charge on any atom is -0.397 e. The van der Waals surface area contributed by atoms with Crippen molar-refractivity contribution in [1.29, 1.82) is 0 Å². The molecule has 1 unspecified atom stereocenters. The average Bonchev–Trinajstić information content (AvgIpc) is 3.04. The summed E-state index contributed by atoms with van der Waals surface area (Å²) in [7, 11) is 0. The lowest BCUT2D eigenvalue weighted by molar-refractivity contribution is -0.121. The molecule has 7 heteroatoms. The molecule has 0 spiro atoms. The van der Waals surface area contributed by atoms with Crippen LogP contribution in [0.1, 0.15) is 16.1 Å². The number of fused-ring (bicyclic) bond motifs is 1. The largest absolute Gasteiger partial charge is 0.397 e. The van der Waals surface area contributed by atoms with Gasteiger partial charge in [-0.15, -0.1) is 11.3 Å². The first-order valence-corrected chi connectivity index (χ1v) is 7.35. The molecule has 3 rings (SSSR count). The van der Waals surface area contributed by atoms with Gasteiger partial charge >= 0.3 is 0 Å². The number of hydrogen-bond acceptors (Lipinski definition) is 4. The molecule has 0 saturated carbocycles. The Hall–Kier alpha value is -2.15. The molecule has 5 nitrogen and oxygen atoms in total. The lowest BCUT2D eigenvalue weighted by atomic mass is 10.1. The predicted molar refractivity (Wildman–Crippen MR) is 79.4 cm³/mol. The first-order chi connectivity index (χ1) is 9.99. The second-order valence-electron chi connectivity index (χ2n) is 5.10.